The molecule has 0 heterocycles. The molecule has 0 spiro atoms. The van der Waals surface area contributed by atoms with Crippen LogP contribution in [0, 0.1) is 0 Å². The van der Waals surface area contributed by atoms with Crippen molar-refractivity contribution in [2.24, 2.45) is 10.3 Å². The van der Waals surface area contributed by atoms with Crippen molar-refractivity contribution in [2.45, 2.75) is 33.1 Å². The van der Waals surface area contributed by atoms with Gasteiger partial charge in [-0.3, -0.25) is 0 Å². The lowest BCUT2D eigenvalue weighted by molar-refractivity contribution is -0.159. The molecule has 1 aliphatic carbocycles. The van der Waals surface area contributed by atoms with Gasteiger partial charge in [-0.05, 0) is 33.1 Å². The molecule has 1 rings (SSSR count). The molecule has 0 aromatic rings. The minimum absolute atomic E-state index is 0.277. The second-order valence-corrected chi connectivity index (χ2v) is 5.57. The van der Waals surface area contributed by atoms with Gasteiger partial charge in [0.1, 0.15) is 0 Å². The number of esters is 4. The molecule has 12 heteroatoms. The molecule has 0 aliphatic heterocycles. The first kappa shape index (κ1) is 25.8. The molecule has 0 unspecified atom stereocenters. The van der Waals surface area contributed by atoms with Crippen molar-refractivity contribution < 1.29 is 47.8 Å². The molecule has 0 aromatic carbocycles. The van der Waals surface area contributed by atoms with Crippen molar-refractivity contribution in [2.75, 3.05) is 40.6 Å². The minimum atomic E-state index is -0.666. The number of methoxy groups -OCH3 is 2. The number of hydrogen-bond acceptors (Lipinski definition) is 12. The standard InChI is InChI=1S/C9H13NO5.C8H13NO5/c1-13-8(11)5-14-9(12)6-15-10-7-3-2-4-7;1-6(2)9-14-5-8(11)13-4-7(10)12-3/h2-6H2,1H3;4-5H2,1-3H3. The number of oxime groups is 2. The zero-order valence-electron chi connectivity index (χ0n) is 16.9. The van der Waals surface area contributed by atoms with Crippen molar-refractivity contribution in [3.8, 4) is 0 Å². The highest BCUT2D eigenvalue weighted by Crippen LogP contribution is 2.14. The van der Waals surface area contributed by atoms with Crippen molar-refractivity contribution in [1.82, 2.24) is 0 Å². The van der Waals surface area contributed by atoms with Crippen LogP contribution in [0.4, 0.5) is 0 Å². The van der Waals surface area contributed by atoms with E-state index >= 15 is 0 Å². The number of hydrogen-bond donors (Lipinski definition) is 0. The Kier molecular flexibility index (Phi) is 14.1. The van der Waals surface area contributed by atoms with Crippen molar-refractivity contribution in [3.63, 3.8) is 0 Å². The Morgan fingerprint density at radius 3 is 1.62 bits per heavy atom. The Morgan fingerprint density at radius 2 is 1.24 bits per heavy atom. The first-order valence-electron chi connectivity index (χ1n) is 8.54. The summed E-state index contributed by atoms with van der Waals surface area (Å²) in [5.74, 6) is -2.52. The summed E-state index contributed by atoms with van der Waals surface area (Å²) in [5.41, 5.74) is 1.64. The van der Waals surface area contributed by atoms with Gasteiger partial charge < -0.3 is 28.6 Å². The third-order valence-electron chi connectivity index (χ3n) is 2.89. The van der Waals surface area contributed by atoms with Gasteiger partial charge in [-0.15, -0.1) is 0 Å². The van der Waals surface area contributed by atoms with Crippen LogP contribution in [0.15, 0.2) is 10.3 Å². The summed E-state index contributed by atoms with van der Waals surface area (Å²) in [6.07, 6.45) is 2.98. The molecule has 12 nitrogen and oxygen atoms in total. The molecule has 164 valence electrons. The molecule has 29 heavy (non-hydrogen) atoms. The van der Waals surface area contributed by atoms with Crippen LogP contribution in [-0.2, 0) is 47.8 Å². The average molecular weight is 418 g/mol. The maximum absolute atomic E-state index is 10.9. The van der Waals surface area contributed by atoms with Crippen molar-refractivity contribution in [1.29, 1.82) is 0 Å². The van der Waals surface area contributed by atoms with E-state index in [4.69, 9.17) is 4.84 Å². The van der Waals surface area contributed by atoms with Crippen molar-refractivity contribution >= 4 is 35.3 Å². The Labute approximate surface area is 168 Å². The van der Waals surface area contributed by atoms with Gasteiger partial charge in [0, 0.05) is 0 Å². The van der Waals surface area contributed by atoms with Crippen LogP contribution in [0.2, 0.25) is 0 Å². The first-order valence-corrected chi connectivity index (χ1v) is 8.54. The van der Waals surface area contributed by atoms with Gasteiger partial charge in [0.25, 0.3) is 0 Å². The molecule has 0 saturated heterocycles. The van der Waals surface area contributed by atoms with Crippen LogP contribution in [0.5, 0.6) is 0 Å². The molecule has 1 saturated carbocycles. The summed E-state index contributed by atoms with van der Waals surface area (Å²) in [7, 11) is 2.42. The van der Waals surface area contributed by atoms with Gasteiger partial charge in [0.2, 0.25) is 13.2 Å². The van der Waals surface area contributed by atoms with E-state index in [2.05, 4.69) is 34.1 Å². The SMILES string of the molecule is COC(=O)COC(=O)CON=C(C)C.COC(=O)COC(=O)CON=C1CCC1. The predicted molar refractivity (Wildman–Crippen MR) is 97.9 cm³/mol. The molecule has 0 radical (unpaired) electrons. The third-order valence-corrected chi connectivity index (χ3v) is 2.89. The monoisotopic (exact) mass is 418 g/mol. The number of carbonyl (C=O) groups excluding carboxylic acids is 4. The highest BCUT2D eigenvalue weighted by Gasteiger charge is 2.12. The van der Waals surface area contributed by atoms with E-state index in [0.29, 0.717) is 5.71 Å². The number of rotatable bonds is 10. The van der Waals surface area contributed by atoms with Gasteiger partial charge in [-0.2, -0.15) is 0 Å². The third kappa shape index (κ3) is 15.6. The highest BCUT2D eigenvalue weighted by molar-refractivity contribution is 5.88. The largest absolute Gasteiger partial charge is 0.466 e. The summed E-state index contributed by atoms with van der Waals surface area (Å²) in [4.78, 5) is 52.2. The van der Waals surface area contributed by atoms with Crippen LogP contribution < -0.4 is 0 Å². The molecule has 1 aliphatic rings. The van der Waals surface area contributed by atoms with Crippen LogP contribution in [0.25, 0.3) is 0 Å². The molecule has 0 amide bonds. The topological polar surface area (TPSA) is 148 Å². The van der Waals surface area contributed by atoms with E-state index in [-0.39, 0.29) is 13.2 Å². The smallest absolute Gasteiger partial charge is 0.347 e. The van der Waals surface area contributed by atoms with Gasteiger partial charge >= 0.3 is 23.9 Å². The zero-order valence-corrected chi connectivity index (χ0v) is 16.9. The molecular formula is C17H26N2O10. The van der Waals surface area contributed by atoms with Gasteiger partial charge in [-0.1, -0.05) is 10.3 Å². The van der Waals surface area contributed by atoms with Crippen LogP contribution >= 0.6 is 0 Å². The second kappa shape index (κ2) is 15.8. The molecule has 0 N–H and O–H groups in total. The molecule has 0 bridgehead atoms. The van der Waals surface area contributed by atoms with Gasteiger partial charge in [0.15, 0.2) is 13.2 Å². The van der Waals surface area contributed by atoms with E-state index in [1.165, 1.54) is 14.2 Å². The fourth-order valence-corrected chi connectivity index (χ4v) is 1.30. The van der Waals surface area contributed by atoms with E-state index in [1.54, 1.807) is 13.8 Å². The summed E-state index contributed by atoms with van der Waals surface area (Å²) in [6.45, 7) is 2.05. The predicted octanol–water partition coefficient (Wildman–Crippen LogP) is 0.374. The lowest BCUT2D eigenvalue weighted by Crippen LogP contribution is -2.18. The number of nitrogens with zero attached hydrogens (tertiary/aromatic N) is 2. The van der Waals surface area contributed by atoms with Crippen LogP contribution in [0.3, 0.4) is 0 Å². The Hall–Kier alpha value is -3.18. The normalized spacial score (nSPS) is 11.4. The number of ether oxygens (including phenoxy) is 4. The summed E-state index contributed by atoms with van der Waals surface area (Å²) < 4.78 is 17.5. The lowest BCUT2D eigenvalue weighted by Gasteiger charge is -2.12. The Bertz CT molecular complexity index is 605. The van der Waals surface area contributed by atoms with E-state index in [0.717, 1.165) is 25.0 Å². The summed E-state index contributed by atoms with van der Waals surface area (Å²) >= 11 is 0. The van der Waals surface area contributed by atoms with E-state index in [9.17, 15) is 19.2 Å². The highest BCUT2D eigenvalue weighted by atomic mass is 16.7. The van der Waals surface area contributed by atoms with E-state index in [1.807, 2.05) is 0 Å². The first-order chi connectivity index (χ1) is 13.8. The maximum atomic E-state index is 10.9. The van der Waals surface area contributed by atoms with Gasteiger partial charge in [0.05, 0.1) is 25.6 Å². The summed E-state index contributed by atoms with van der Waals surface area (Å²) in [5, 5.41) is 7.23. The maximum Gasteiger partial charge on any atom is 0.347 e. The van der Waals surface area contributed by atoms with Crippen LogP contribution in [-0.4, -0.2) is 75.9 Å². The zero-order chi connectivity index (χ0) is 22.1. The number of carbonyl (C=O) groups is 4. The molecular weight excluding hydrogens is 392 g/mol. The fourth-order valence-electron chi connectivity index (χ4n) is 1.30. The summed E-state index contributed by atoms with van der Waals surface area (Å²) in [6, 6.07) is 0. The molecule has 1 fully saturated rings. The Morgan fingerprint density at radius 1 is 0.759 bits per heavy atom. The molecule has 0 atom stereocenters. The van der Waals surface area contributed by atoms with Gasteiger partial charge in [-0.25, -0.2) is 19.2 Å². The second-order valence-electron chi connectivity index (χ2n) is 5.57. The van der Waals surface area contributed by atoms with E-state index < -0.39 is 37.1 Å². The molecule has 0 aromatic heterocycles. The quantitative estimate of drug-likeness (QED) is 0.211. The lowest BCUT2D eigenvalue weighted by atomic mass is 9.98. The minimum Gasteiger partial charge on any atom is -0.466 e. The van der Waals surface area contributed by atoms with Crippen molar-refractivity contribution in [3.05, 3.63) is 0 Å². The fraction of sp³-hybridized carbons (Fsp3) is 0.647. The van der Waals surface area contributed by atoms with Crippen LogP contribution in [0.1, 0.15) is 33.1 Å². The Balaban J connectivity index is 0.000000543. The average Bonchev–Trinajstić information content (AvgIpc) is 2.66.